The largest absolute Gasteiger partial charge is 0.475 e. The van der Waals surface area contributed by atoms with Gasteiger partial charge in [0.05, 0.1) is 5.92 Å². The maximum Gasteiger partial charge on any atom is 0.334 e. The Balaban J connectivity index is 2.21. The lowest BCUT2D eigenvalue weighted by atomic mass is 9.80. The molecule has 3 aliphatic rings. The molecule has 0 aromatic heterocycles. The van der Waals surface area contributed by atoms with Crippen LogP contribution in [0.25, 0.3) is 0 Å². The highest BCUT2D eigenvalue weighted by atomic mass is 16.6. The molecule has 0 N–H and O–H groups in total. The molecule has 1 saturated heterocycles. The Morgan fingerprint density at radius 2 is 1.86 bits per heavy atom. The van der Waals surface area contributed by atoms with Gasteiger partial charge >= 0.3 is 17.9 Å². The zero-order valence-corrected chi connectivity index (χ0v) is 16.6. The number of ketones is 1. The fourth-order valence-corrected chi connectivity index (χ4v) is 3.64. The summed E-state index contributed by atoms with van der Waals surface area (Å²) >= 11 is 0. The predicted molar refractivity (Wildman–Crippen MR) is 99.1 cm³/mol. The van der Waals surface area contributed by atoms with Crippen molar-refractivity contribution < 1.29 is 38.1 Å². The number of carbonyl (C=O) groups excluding carboxylic acids is 4. The summed E-state index contributed by atoms with van der Waals surface area (Å²) in [5.74, 6) is -3.25. The standard InChI is InChI=1S/C21H22O8/c1-9(2)19(24)28-17-16-11(4)20(25)27-14(16)7-10(3)13-8-15(23)21(6,29-13)18(17)26-12(5)22/h7-8,14,16-18H,1,4H2,2-3,5-6H3/b10-7-/t14-,16-,17-,18-,21-/m0/s1. The van der Waals surface area contributed by atoms with Gasteiger partial charge in [0.1, 0.15) is 11.9 Å². The Hall–Kier alpha value is -3.16. The van der Waals surface area contributed by atoms with Crippen LogP contribution in [0.5, 0.6) is 0 Å². The predicted octanol–water partition coefficient (Wildman–Crippen LogP) is 1.71. The minimum absolute atomic E-state index is 0.0403. The number of hydrogen-bond acceptors (Lipinski definition) is 8. The van der Waals surface area contributed by atoms with Crippen LogP contribution < -0.4 is 0 Å². The summed E-state index contributed by atoms with van der Waals surface area (Å²) < 4.78 is 22.3. The van der Waals surface area contributed by atoms with Gasteiger partial charge in [0, 0.05) is 24.1 Å². The van der Waals surface area contributed by atoms with Gasteiger partial charge in [-0.15, -0.1) is 0 Å². The molecular formula is C21H22O8. The van der Waals surface area contributed by atoms with Gasteiger partial charge in [0.2, 0.25) is 11.4 Å². The SMILES string of the molecule is C=C(C)C(=O)O[C@H]1[C@H]2C(=C)C(=O)O[C@H]2/C=C(/C)C2=CC(=O)[C@](C)(O2)[C@H]1OC(C)=O. The molecule has 29 heavy (non-hydrogen) atoms. The van der Waals surface area contributed by atoms with E-state index in [0.29, 0.717) is 5.57 Å². The van der Waals surface area contributed by atoms with Crippen LogP contribution in [0.1, 0.15) is 27.7 Å². The maximum absolute atomic E-state index is 12.8. The van der Waals surface area contributed by atoms with Gasteiger partial charge in [-0.25, -0.2) is 9.59 Å². The van der Waals surface area contributed by atoms with Crippen LogP contribution in [-0.2, 0) is 38.1 Å². The molecule has 0 aromatic rings. The molecule has 3 heterocycles. The summed E-state index contributed by atoms with van der Waals surface area (Å²) in [6.07, 6.45) is -0.605. The van der Waals surface area contributed by atoms with Gasteiger partial charge in [-0.05, 0) is 32.4 Å². The Labute approximate surface area is 167 Å². The average Bonchev–Trinajstić information content (AvgIpc) is 3.08. The van der Waals surface area contributed by atoms with Crippen LogP contribution in [0, 0.1) is 5.92 Å². The van der Waals surface area contributed by atoms with Crippen molar-refractivity contribution in [1.29, 1.82) is 0 Å². The minimum Gasteiger partial charge on any atom is -0.475 e. The lowest BCUT2D eigenvalue weighted by molar-refractivity contribution is -0.192. The van der Waals surface area contributed by atoms with Gasteiger partial charge in [-0.3, -0.25) is 9.59 Å². The van der Waals surface area contributed by atoms with E-state index < -0.39 is 53.5 Å². The monoisotopic (exact) mass is 402 g/mol. The normalized spacial score (nSPS) is 35.0. The summed E-state index contributed by atoms with van der Waals surface area (Å²) in [7, 11) is 0. The molecule has 0 saturated carbocycles. The van der Waals surface area contributed by atoms with Crippen LogP contribution in [0.2, 0.25) is 0 Å². The van der Waals surface area contributed by atoms with E-state index >= 15 is 0 Å². The van der Waals surface area contributed by atoms with Crippen molar-refractivity contribution in [3.8, 4) is 0 Å². The third-order valence-electron chi connectivity index (χ3n) is 5.22. The van der Waals surface area contributed by atoms with Gasteiger partial charge in [0.15, 0.2) is 12.2 Å². The summed E-state index contributed by atoms with van der Waals surface area (Å²) in [6, 6.07) is 0. The number of fused-ring (bicyclic) bond motifs is 3. The molecule has 0 aliphatic carbocycles. The van der Waals surface area contributed by atoms with E-state index in [-0.39, 0.29) is 16.9 Å². The zero-order chi connectivity index (χ0) is 21.7. The van der Waals surface area contributed by atoms with Gasteiger partial charge in [0.25, 0.3) is 0 Å². The molecule has 2 bridgehead atoms. The van der Waals surface area contributed by atoms with Crippen molar-refractivity contribution in [3.05, 3.63) is 47.8 Å². The molecule has 5 atom stereocenters. The number of carbonyl (C=O) groups is 4. The fourth-order valence-electron chi connectivity index (χ4n) is 3.64. The molecule has 0 aromatic carbocycles. The number of esters is 3. The molecule has 8 nitrogen and oxygen atoms in total. The summed E-state index contributed by atoms with van der Waals surface area (Å²) in [4.78, 5) is 49.4. The van der Waals surface area contributed by atoms with Crippen LogP contribution in [-0.4, -0.2) is 47.6 Å². The summed E-state index contributed by atoms with van der Waals surface area (Å²) in [5, 5.41) is 0. The topological polar surface area (TPSA) is 105 Å². The van der Waals surface area contributed by atoms with Crippen molar-refractivity contribution in [2.24, 2.45) is 5.92 Å². The smallest absolute Gasteiger partial charge is 0.334 e. The molecule has 3 aliphatic heterocycles. The zero-order valence-electron chi connectivity index (χ0n) is 16.6. The first-order valence-corrected chi connectivity index (χ1v) is 9.03. The van der Waals surface area contributed by atoms with Crippen LogP contribution >= 0.6 is 0 Å². The Bertz CT molecular complexity index is 908. The quantitative estimate of drug-likeness (QED) is 0.399. The van der Waals surface area contributed by atoms with Crippen molar-refractivity contribution in [1.82, 2.24) is 0 Å². The highest BCUT2D eigenvalue weighted by Crippen LogP contribution is 2.43. The van der Waals surface area contributed by atoms with E-state index in [2.05, 4.69) is 13.2 Å². The highest BCUT2D eigenvalue weighted by molar-refractivity contribution is 6.01. The number of rotatable bonds is 3. The summed E-state index contributed by atoms with van der Waals surface area (Å²) in [5.41, 5.74) is -0.989. The van der Waals surface area contributed by atoms with Crippen LogP contribution in [0.4, 0.5) is 0 Å². The lowest BCUT2D eigenvalue weighted by Gasteiger charge is -2.38. The Kier molecular flexibility index (Phi) is 4.98. The number of allylic oxidation sites excluding steroid dienone is 1. The molecule has 0 amide bonds. The first-order valence-electron chi connectivity index (χ1n) is 9.03. The number of ether oxygens (including phenoxy) is 4. The van der Waals surface area contributed by atoms with Crippen LogP contribution in [0.15, 0.2) is 47.8 Å². The first kappa shape index (κ1) is 20.6. The first-order chi connectivity index (χ1) is 13.5. The van der Waals surface area contributed by atoms with Gasteiger partial charge in [-0.2, -0.15) is 0 Å². The lowest BCUT2D eigenvalue weighted by Crippen LogP contribution is -2.57. The van der Waals surface area contributed by atoms with E-state index in [1.807, 2.05) is 0 Å². The van der Waals surface area contributed by atoms with E-state index in [0.717, 1.165) is 6.92 Å². The average molecular weight is 402 g/mol. The molecule has 154 valence electrons. The summed E-state index contributed by atoms with van der Waals surface area (Å²) in [6.45, 7) is 13.1. The highest BCUT2D eigenvalue weighted by Gasteiger charge is 2.59. The molecule has 3 rings (SSSR count). The van der Waals surface area contributed by atoms with E-state index in [9.17, 15) is 19.2 Å². The van der Waals surface area contributed by atoms with Crippen molar-refractivity contribution in [2.45, 2.75) is 51.6 Å². The molecule has 8 heteroatoms. The molecule has 1 fully saturated rings. The van der Waals surface area contributed by atoms with Crippen molar-refractivity contribution in [3.63, 3.8) is 0 Å². The van der Waals surface area contributed by atoms with Crippen LogP contribution in [0.3, 0.4) is 0 Å². The molecule has 0 radical (unpaired) electrons. The van der Waals surface area contributed by atoms with Gasteiger partial charge in [-0.1, -0.05) is 13.2 Å². The second-order valence-corrected chi connectivity index (χ2v) is 7.53. The third-order valence-corrected chi connectivity index (χ3v) is 5.22. The van der Waals surface area contributed by atoms with Crippen molar-refractivity contribution >= 4 is 23.7 Å². The molecule has 0 spiro atoms. The van der Waals surface area contributed by atoms with Gasteiger partial charge < -0.3 is 18.9 Å². The fraction of sp³-hybridized carbons (Fsp3) is 0.429. The maximum atomic E-state index is 12.8. The Morgan fingerprint density at radius 3 is 2.45 bits per heavy atom. The van der Waals surface area contributed by atoms with E-state index in [1.165, 1.54) is 19.9 Å². The second kappa shape index (κ2) is 7.02. The number of hydrogen-bond donors (Lipinski definition) is 0. The minimum atomic E-state index is -1.67. The Morgan fingerprint density at radius 1 is 1.21 bits per heavy atom. The molecular weight excluding hydrogens is 380 g/mol. The van der Waals surface area contributed by atoms with E-state index in [4.69, 9.17) is 18.9 Å². The third kappa shape index (κ3) is 3.39. The van der Waals surface area contributed by atoms with Crippen molar-refractivity contribution in [2.75, 3.05) is 0 Å². The van der Waals surface area contributed by atoms with E-state index in [1.54, 1.807) is 13.0 Å². The molecule has 0 unspecified atom stereocenters. The second-order valence-electron chi connectivity index (χ2n) is 7.53.